The minimum absolute atomic E-state index is 0.0219. The molecule has 1 aromatic heterocycles. The van der Waals surface area contributed by atoms with Gasteiger partial charge in [-0.15, -0.1) is 11.3 Å². The zero-order valence-electron chi connectivity index (χ0n) is 15.3. The van der Waals surface area contributed by atoms with Crippen molar-refractivity contribution in [1.29, 1.82) is 0 Å². The Bertz CT molecular complexity index is 766. The van der Waals surface area contributed by atoms with Crippen molar-refractivity contribution < 1.29 is 14.4 Å². The van der Waals surface area contributed by atoms with Crippen LogP contribution in [0, 0.1) is 0 Å². The molecule has 5 heteroatoms. The highest BCUT2D eigenvalue weighted by molar-refractivity contribution is 7.16. The van der Waals surface area contributed by atoms with Crippen LogP contribution < -0.4 is 10.2 Å². The van der Waals surface area contributed by atoms with Gasteiger partial charge in [-0.1, -0.05) is 30.3 Å². The van der Waals surface area contributed by atoms with E-state index in [1.165, 1.54) is 34.4 Å². The molecule has 1 aliphatic carbocycles. The summed E-state index contributed by atoms with van der Waals surface area (Å²) in [6.45, 7) is 5.23. The highest BCUT2D eigenvalue weighted by Gasteiger charge is 2.35. The van der Waals surface area contributed by atoms with Gasteiger partial charge >= 0.3 is 0 Å². The third-order valence-electron chi connectivity index (χ3n) is 5.47. The number of rotatable bonds is 4. The Kier molecular flexibility index (Phi) is 5.38. The number of carbonyl (C=O) groups excluding carboxylic acids is 1. The minimum Gasteiger partial charge on any atom is -0.370 e. The fourth-order valence-electron chi connectivity index (χ4n) is 4.32. The zero-order chi connectivity index (χ0) is 17.9. The van der Waals surface area contributed by atoms with Crippen LogP contribution in [-0.2, 0) is 22.4 Å². The van der Waals surface area contributed by atoms with E-state index >= 15 is 0 Å². The minimum atomic E-state index is 0.0219. The van der Waals surface area contributed by atoms with Crippen molar-refractivity contribution in [2.24, 2.45) is 0 Å². The zero-order valence-corrected chi connectivity index (χ0v) is 16.2. The van der Waals surface area contributed by atoms with Crippen molar-refractivity contribution in [3.63, 3.8) is 0 Å². The first-order valence-corrected chi connectivity index (χ1v) is 10.4. The second-order valence-corrected chi connectivity index (χ2v) is 8.35. The molecule has 1 aromatic carbocycles. The molecule has 0 unspecified atom stereocenters. The van der Waals surface area contributed by atoms with Crippen LogP contribution in [0.3, 0.4) is 0 Å². The highest BCUT2D eigenvalue weighted by Crippen LogP contribution is 2.42. The SMILES string of the molecule is CC(=O)Nc1sc2c(c1[C@@H](c1ccccc1)[NH+]1CCOCC1)CCCC2. The van der Waals surface area contributed by atoms with Crippen molar-refractivity contribution in [3.05, 3.63) is 51.9 Å². The number of benzene rings is 1. The lowest BCUT2D eigenvalue weighted by atomic mass is 9.88. The molecule has 1 amide bonds. The summed E-state index contributed by atoms with van der Waals surface area (Å²) in [7, 11) is 0. The number of quaternary nitrogens is 1. The Morgan fingerprint density at radius 1 is 1.15 bits per heavy atom. The predicted molar refractivity (Wildman–Crippen MR) is 105 cm³/mol. The van der Waals surface area contributed by atoms with Crippen LogP contribution in [0.2, 0.25) is 0 Å². The van der Waals surface area contributed by atoms with Crippen LogP contribution in [0.5, 0.6) is 0 Å². The molecule has 2 heterocycles. The molecule has 1 atom stereocenters. The van der Waals surface area contributed by atoms with Crippen LogP contribution in [0.1, 0.15) is 47.4 Å². The van der Waals surface area contributed by atoms with Crippen molar-refractivity contribution in [2.45, 2.75) is 38.6 Å². The molecule has 138 valence electrons. The van der Waals surface area contributed by atoms with Crippen LogP contribution in [0.15, 0.2) is 30.3 Å². The quantitative estimate of drug-likeness (QED) is 0.868. The van der Waals surface area contributed by atoms with Gasteiger partial charge in [0.25, 0.3) is 0 Å². The van der Waals surface area contributed by atoms with Gasteiger partial charge in [-0.25, -0.2) is 0 Å². The summed E-state index contributed by atoms with van der Waals surface area (Å²) in [6.07, 6.45) is 4.78. The van der Waals surface area contributed by atoms with Gasteiger partial charge in [0, 0.05) is 17.4 Å². The Balaban J connectivity index is 1.84. The van der Waals surface area contributed by atoms with Gasteiger partial charge in [-0.3, -0.25) is 4.79 Å². The second kappa shape index (κ2) is 7.91. The molecule has 4 rings (SSSR count). The summed E-state index contributed by atoms with van der Waals surface area (Å²) in [5.74, 6) is 0.0219. The number of thiophene rings is 1. The number of amides is 1. The van der Waals surface area contributed by atoms with Crippen LogP contribution in [0.4, 0.5) is 5.00 Å². The lowest BCUT2D eigenvalue weighted by molar-refractivity contribution is -0.933. The average molecular weight is 372 g/mol. The molecule has 0 bridgehead atoms. The maximum atomic E-state index is 11.9. The molecule has 2 aromatic rings. The van der Waals surface area contributed by atoms with Gasteiger partial charge in [0.1, 0.15) is 24.1 Å². The monoisotopic (exact) mass is 371 g/mol. The Morgan fingerprint density at radius 2 is 1.88 bits per heavy atom. The largest absolute Gasteiger partial charge is 0.370 e. The lowest BCUT2D eigenvalue weighted by Gasteiger charge is -2.33. The lowest BCUT2D eigenvalue weighted by Crippen LogP contribution is -3.14. The van der Waals surface area contributed by atoms with E-state index in [1.807, 2.05) is 0 Å². The van der Waals surface area contributed by atoms with Crippen molar-refractivity contribution in [3.8, 4) is 0 Å². The predicted octanol–water partition coefficient (Wildman–Crippen LogP) is 2.59. The molecule has 0 radical (unpaired) electrons. The maximum Gasteiger partial charge on any atom is 0.221 e. The molecule has 0 saturated carbocycles. The molecule has 26 heavy (non-hydrogen) atoms. The molecule has 1 fully saturated rings. The average Bonchev–Trinajstić information content (AvgIpc) is 3.01. The molecular weight excluding hydrogens is 344 g/mol. The summed E-state index contributed by atoms with van der Waals surface area (Å²) < 4.78 is 5.62. The summed E-state index contributed by atoms with van der Waals surface area (Å²) in [5.41, 5.74) is 4.20. The number of morpholine rings is 1. The van der Waals surface area contributed by atoms with Gasteiger partial charge in [0.15, 0.2) is 0 Å². The fraction of sp³-hybridized carbons (Fsp3) is 0.476. The van der Waals surface area contributed by atoms with E-state index in [9.17, 15) is 4.79 Å². The molecule has 1 saturated heterocycles. The number of nitrogens with one attached hydrogen (secondary N) is 2. The topological polar surface area (TPSA) is 42.8 Å². The number of hydrogen-bond acceptors (Lipinski definition) is 3. The van der Waals surface area contributed by atoms with E-state index in [0.717, 1.165) is 44.1 Å². The molecule has 1 aliphatic heterocycles. The van der Waals surface area contributed by atoms with E-state index in [4.69, 9.17) is 4.74 Å². The number of anilines is 1. The number of fused-ring (bicyclic) bond motifs is 1. The van der Waals surface area contributed by atoms with Crippen molar-refractivity contribution >= 4 is 22.2 Å². The smallest absolute Gasteiger partial charge is 0.221 e. The highest BCUT2D eigenvalue weighted by atomic mass is 32.1. The Morgan fingerprint density at radius 3 is 2.62 bits per heavy atom. The summed E-state index contributed by atoms with van der Waals surface area (Å²) >= 11 is 1.80. The third-order valence-corrected chi connectivity index (χ3v) is 6.69. The van der Waals surface area contributed by atoms with Crippen LogP contribution in [0.25, 0.3) is 0 Å². The number of carbonyl (C=O) groups is 1. The molecule has 0 spiro atoms. The van der Waals surface area contributed by atoms with E-state index < -0.39 is 0 Å². The summed E-state index contributed by atoms with van der Waals surface area (Å²) in [6, 6.07) is 11.1. The van der Waals surface area contributed by atoms with E-state index in [-0.39, 0.29) is 11.9 Å². The second-order valence-electron chi connectivity index (χ2n) is 7.25. The standard InChI is InChI=1S/C21H26N2O2S/c1-15(24)22-21-19(17-9-5-6-10-18(17)26-21)20(16-7-3-2-4-8-16)23-11-13-25-14-12-23/h2-4,7-8,20H,5-6,9-14H2,1H3,(H,22,24)/p+1/t20-/m1/s1. The normalized spacial score (nSPS) is 19.0. The van der Waals surface area contributed by atoms with E-state index in [1.54, 1.807) is 23.2 Å². The number of ether oxygens (including phenoxy) is 1. The summed E-state index contributed by atoms with van der Waals surface area (Å²) in [5, 5.41) is 4.22. The van der Waals surface area contributed by atoms with Crippen LogP contribution in [-0.4, -0.2) is 32.2 Å². The number of hydrogen-bond donors (Lipinski definition) is 2. The third kappa shape index (κ3) is 3.56. The molecule has 2 N–H and O–H groups in total. The summed E-state index contributed by atoms with van der Waals surface area (Å²) in [4.78, 5) is 14.9. The van der Waals surface area contributed by atoms with Crippen LogP contribution >= 0.6 is 11.3 Å². The maximum absolute atomic E-state index is 11.9. The van der Waals surface area contributed by atoms with E-state index in [0.29, 0.717) is 0 Å². The van der Waals surface area contributed by atoms with Gasteiger partial charge in [0.2, 0.25) is 5.91 Å². The Labute approximate surface area is 159 Å². The van der Waals surface area contributed by atoms with Crippen molar-refractivity contribution in [2.75, 3.05) is 31.6 Å². The van der Waals surface area contributed by atoms with Gasteiger partial charge < -0.3 is 15.0 Å². The fourth-order valence-corrected chi connectivity index (χ4v) is 5.70. The van der Waals surface area contributed by atoms with Gasteiger partial charge in [-0.05, 0) is 31.2 Å². The molecule has 2 aliphatic rings. The Hall–Kier alpha value is -1.69. The van der Waals surface area contributed by atoms with E-state index in [2.05, 4.69) is 35.6 Å². The number of aryl methyl sites for hydroxylation is 1. The first-order chi connectivity index (χ1) is 12.7. The first kappa shape index (κ1) is 17.7. The van der Waals surface area contributed by atoms with Gasteiger partial charge in [-0.2, -0.15) is 0 Å². The molecule has 4 nitrogen and oxygen atoms in total. The van der Waals surface area contributed by atoms with Gasteiger partial charge in [0.05, 0.1) is 18.8 Å². The first-order valence-electron chi connectivity index (χ1n) is 9.63. The molecular formula is C21H27N2O2S+. The van der Waals surface area contributed by atoms with Crippen molar-refractivity contribution in [1.82, 2.24) is 0 Å².